The van der Waals surface area contributed by atoms with Crippen molar-refractivity contribution in [3.8, 4) is 22.8 Å². The summed E-state index contributed by atoms with van der Waals surface area (Å²) in [4.78, 5) is 17.6. The predicted octanol–water partition coefficient (Wildman–Crippen LogP) is 4.88. The van der Waals surface area contributed by atoms with Gasteiger partial charge in [0, 0.05) is 37.4 Å². The van der Waals surface area contributed by atoms with E-state index in [1.807, 2.05) is 18.7 Å². The van der Waals surface area contributed by atoms with Gasteiger partial charge in [-0.15, -0.1) is 0 Å². The smallest absolute Gasteiger partial charge is 0.254 e. The number of anilines is 1. The van der Waals surface area contributed by atoms with Crippen LogP contribution >= 0.6 is 0 Å². The first-order valence-corrected chi connectivity index (χ1v) is 12.4. The molecule has 1 atom stereocenters. The zero-order valence-electron chi connectivity index (χ0n) is 20.5. The Hall–Kier alpha value is -3.59. The number of hydrogen-bond donors (Lipinski definition) is 0. The van der Waals surface area contributed by atoms with Crippen molar-refractivity contribution in [1.29, 1.82) is 0 Å². The normalized spacial score (nSPS) is 16.4. The number of aromatic nitrogens is 1. The van der Waals surface area contributed by atoms with Crippen LogP contribution in [0.5, 0.6) is 11.5 Å². The number of fused-ring (bicyclic) bond motifs is 1. The molecule has 36 heavy (non-hydrogen) atoms. The van der Waals surface area contributed by atoms with Crippen LogP contribution in [0.2, 0.25) is 0 Å². The summed E-state index contributed by atoms with van der Waals surface area (Å²) in [6.07, 6.45) is 1.75. The Morgan fingerprint density at radius 1 is 1.11 bits per heavy atom. The fourth-order valence-corrected chi connectivity index (χ4v) is 4.72. The van der Waals surface area contributed by atoms with E-state index in [2.05, 4.69) is 5.16 Å². The summed E-state index contributed by atoms with van der Waals surface area (Å²) in [6, 6.07) is 11.6. The summed E-state index contributed by atoms with van der Waals surface area (Å²) in [7, 11) is 0. The van der Waals surface area contributed by atoms with Crippen LogP contribution in [0, 0.1) is 5.82 Å². The Balaban J connectivity index is 1.54. The second kappa shape index (κ2) is 10.6. The van der Waals surface area contributed by atoms with Crippen LogP contribution < -0.4 is 14.4 Å². The quantitative estimate of drug-likeness (QED) is 0.419. The summed E-state index contributed by atoms with van der Waals surface area (Å²) in [5, 5.41) is 4.27. The van der Waals surface area contributed by atoms with Gasteiger partial charge in [-0.3, -0.25) is 4.79 Å². The number of halogens is 1. The second-order valence-corrected chi connectivity index (χ2v) is 8.86. The minimum atomic E-state index is -0.397. The average Bonchev–Trinajstić information content (AvgIpc) is 3.66. The summed E-state index contributed by atoms with van der Waals surface area (Å²) in [5.74, 6) is 1.11. The molecule has 1 unspecified atom stereocenters. The first-order valence-electron chi connectivity index (χ1n) is 12.4. The molecule has 1 saturated heterocycles. The van der Waals surface area contributed by atoms with E-state index in [4.69, 9.17) is 18.7 Å². The van der Waals surface area contributed by atoms with Gasteiger partial charge in [0.1, 0.15) is 11.5 Å². The van der Waals surface area contributed by atoms with Gasteiger partial charge in [0.2, 0.25) is 12.7 Å². The maximum atomic E-state index is 14.8. The molecule has 2 aliphatic heterocycles. The van der Waals surface area contributed by atoms with Crippen molar-refractivity contribution >= 4 is 11.8 Å². The van der Waals surface area contributed by atoms with Crippen molar-refractivity contribution < 1.29 is 27.9 Å². The van der Waals surface area contributed by atoms with E-state index < -0.39 is 5.82 Å². The third-order valence-corrected chi connectivity index (χ3v) is 6.65. The molecule has 0 spiro atoms. The minimum absolute atomic E-state index is 0.0726. The highest BCUT2D eigenvalue weighted by atomic mass is 19.1. The van der Waals surface area contributed by atoms with Gasteiger partial charge < -0.3 is 28.5 Å². The van der Waals surface area contributed by atoms with Crippen molar-refractivity contribution in [3.63, 3.8) is 0 Å². The zero-order chi connectivity index (χ0) is 25.1. The molecular formula is C27H30FN3O5. The first kappa shape index (κ1) is 24.1. The van der Waals surface area contributed by atoms with Gasteiger partial charge in [-0.1, -0.05) is 17.3 Å². The Morgan fingerprint density at radius 3 is 2.67 bits per heavy atom. The van der Waals surface area contributed by atoms with Crippen LogP contribution in [-0.4, -0.2) is 55.1 Å². The van der Waals surface area contributed by atoms with Gasteiger partial charge in [0.15, 0.2) is 11.5 Å². The standard InChI is InChI=1S/C27H30FN3O5/c1-3-30(4-2)27-21(25(29-36-27)20-9-5-6-10-22(20)28)16-31(15-19-8-7-13-33-19)26(32)18-11-12-23-24(14-18)35-17-34-23/h5-6,9-12,14,19H,3-4,7-8,13,15-17H2,1-2H3. The monoisotopic (exact) mass is 495 g/mol. The topological polar surface area (TPSA) is 77.3 Å². The lowest BCUT2D eigenvalue weighted by Gasteiger charge is -2.27. The van der Waals surface area contributed by atoms with Gasteiger partial charge in [0.05, 0.1) is 18.2 Å². The molecular weight excluding hydrogens is 465 g/mol. The number of amides is 1. The first-order chi connectivity index (χ1) is 17.6. The molecule has 2 aromatic carbocycles. The molecule has 190 valence electrons. The van der Waals surface area contributed by atoms with Crippen LogP contribution in [0.4, 0.5) is 10.3 Å². The van der Waals surface area contributed by atoms with E-state index in [1.165, 1.54) is 6.07 Å². The Kier molecular flexibility index (Phi) is 7.09. The van der Waals surface area contributed by atoms with E-state index in [9.17, 15) is 9.18 Å². The summed E-state index contributed by atoms with van der Waals surface area (Å²) < 4.78 is 37.3. The predicted molar refractivity (Wildman–Crippen MR) is 132 cm³/mol. The van der Waals surface area contributed by atoms with Crippen molar-refractivity contribution in [2.45, 2.75) is 39.3 Å². The third kappa shape index (κ3) is 4.75. The number of ether oxygens (including phenoxy) is 3. The second-order valence-electron chi connectivity index (χ2n) is 8.86. The lowest BCUT2D eigenvalue weighted by Crippen LogP contribution is -2.37. The van der Waals surface area contributed by atoms with Crippen molar-refractivity contribution in [2.75, 3.05) is 37.9 Å². The van der Waals surface area contributed by atoms with Gasteiger partial charge in [-0.2, -0.15) is 0 Å². The van der Waals surface area contributed by atoms with Gasteiger partial charge in [-0.05, 0) is 57.0 Å². The lowest BCUT2D eigenvalue weighted by molar-refractivity contribution is 0.0507. The molecule has 1 aromatic heterocycles. The molecule has 0 N–H and O–H groups in total. The Labute approximate surface area is 209 Å². The Bertz CT molecular complexity index is 1220. The minimum Gasteiger partial charge on any atom is -0.454 e. The van der Waals surface area contributed by atoms with Crippen LogP contribution in [0.25, 0.3) is 11.3 Å². The zero-order valence-corrected chi connectivity index (χ0v) is 20.5. The van der Waals surface area contributed by atoms with Crippen LogP contribution in [0.1, 0.15) is 42.6 Å². The Morgan fingerprint density at radius 2 is 1.92 bits per heavy atom. The van der Waals surface area contributed by atoms with Gasteiger partial charge in [-0.25, -0.2) is 4.39 Å². The summed E-state index contributed by atoms with van der Waals surface area (Å²) in [5.41, 5.74) is 1.87. The SMILES string of the molecule is CCN(CC)c1onc(-c2ccccc2F)c1CN(CC1CCCO1)C(=O)c1ccc2c(c1)OCO2. The molecule has 5 rings (SSSR count). The maximum Gasteiger partial charge on any atom is 0.254 e. The molecule has 0 aliphatic carbocycles. The fraction of sp³-hybridized carbons (Fsp3) is 0.407. The van der Waals surface area contributed by atoms with Crippen LogP contribution in [-0.2, 0) is 11.3 Å². The van der Waals surface area contributed by atoms with Crippen molar-refractivity contribution in [3.05, 3.63) is 59.4 Å². The lowest BCUT2D eigenvalue weighted by atomic mass is 10.0. The number of carbonyl (C=O) groups is 1. The molecule has 0 saturated carbocycles. The number of rotatable bonds is 9. The fourth-order valence-electron chi connectivity index (χ4n) is 4.72. The van der Waals surface area contributed by atoms with Crippen molar-refractivity contribution in [2.24, 2.45) is 0 Å². The number of nitrogens with zero attached hydrogens (tertiary/aromatic N) is 3. The molecule has 1 fully saturated rings. The number of hydrogen-bond acceptors (Lipinski definition) is 7. The molecule has 0 radical (unpaired) electrons. The van der Waals surface area contributed by atoms with Gasteiger partial charge >= 0.3 is 0 Å². The molecule has 2 aliphatic rings. The van der Waals surface area contributed by atoms with Crippen LogP contribution in [0.15, 0.2) is 47.0 Å². The van der Waals surface area contributed by atoms with Gasteiger partial charge in [0.25, 0.3) is 5.91 Å². The number of carbonyl (C=O) groups excluding carboxylic acids is 1. The molecule has 3 heterocycles. The molecule has 3 aromatic rings. The largest absolute Gasteiger partial charge is 0.454 e. The highest BCUT2D eigenvalue weighted by Crippen LogP contribution is 2.36. The van der Waals surface area contributed by atoms with E-state index in [0.29, 0.717) is 66.0 Å². The van der Waals surface area contributed by atoms with Crippen LogP contribution in [0.3, 0.4) is 0 Å². The molecule has 0 bridgehead atoms. The van der Waals surface area contributed by atoms with E-state index in [0.717, 1.165) is 12.8 Å². The van der Waals surface area contributed by atoms with E-state index in [-0.39, 0.29) is 25.3 Å². The average molecular weight is 496 g/mol. The van der Waals surface area contributed by atoms with Crippen molar-refractivity contribution in [1.82, 2.24) is 10.1 Å². The molecule has 8 nitrogen and oxygen atoms in total. The highest BCUT2D eigenvalue weighted by Gasteiger charge is 2.30. The third-order valence-electron chi connectivity index (χ3n) is 6.65. The number of benzene rings is 2. The van der Waals surface area contributed by atoms with E-state index >= 15 is 0 Å². The maximum absolute atomic E-state index is 14.8. The summed E-state index contributed by atoms with van der Waals surface area (Å²) >= 11 is 0. The molecule has 1 amide bonds. The molecule has 9 heteroatoms. The highest BCUT2D eigenvalue weighted by molar-refractivity contribution is 5.95. The van der Waals surface area contributed by atoms with E-state index in [1.54, 1.807) is 41.3 Å². The summed E-state index contributed by atoms with van der Waals surface area (Å²) in [6.45, 7) is 6.77.